The fourth-order valence-corrected chi connectivity index (χ4v) is 2.39. The van der Waals surface area contributed by atoms with Gasteiger partial charge in [-0.25, -0.2) is 4.79 Å². The number of aromatic nitrogens is 1. The number of hydrogen-bond acceptors (Lipinski definition) is 3. The highest BCUT2D eigenvalue weighted by Gasteiger charge is 2.18. The van der Waals surface area contributed by atoms with Crippen molar-refractivity contribution in [2.75, 3.05) is 0 Å². The summed E-state index contributed by atoms with van der Waals surface area (Å²) < 4.78 is 1.50. The van der Waals surface area contributed by atoms with Crippen molar-refractivity contribution >= 4 is 11.6 Å². The fraction of sp³-hybridized carbons (Fsp3) is 0.333. The van der Waals surface area contributed by atoms with Crippen molar-refractivity contribution in [2.24, 2.45) is 0 Å². The summed E-state index contributed by atoms with van der Waals surface area (Å²) in [4.78, 5) is 22.5. The summed E-state index contributed by atoms with van der Waals surface area (Å²) in [5, 5.41) is 10.6. The van der Waals surface area contributed by atoms with E-state index >= 15 is 0 Å². The first-order valence-corrected chi connectivity index (χ1v) is 7.91. The molecular formula is C18H21N2O3+. The van der Waals surface area contributed by atoms with E-state index in [9.17, 15) is 14.9 Å². The number of carbonyl (C=O) groups excluding carboxylic acids is 1. The highest BCUT2D eigenvalue weighted by atomic mass is 16.6. The van der Waals surface area contributed by atoms with Crippen LogP contribution in [0.1, 0.15) is 48.5 Å². The maximum Gasteiger partial charge on any atom is 0.424 e. The molecule has 0 saturated carbocycles. The van der Waals surface area contributed by atoms with E-state index in [1.807, 2.05) is 12.1 Å². The predicted octanol–water partition coefficient (Wildman–Crippen LogP) is 3.69. The minimum Gasteiger partial charge on any atom is -0.258 e. The van der Waals surface area contributed by atoms with Crippen molar-refractivity contribution in [3.63, 3.8) is 0 Å². The summed E-state index contributed by atoms with van der Waals surface area (Å²) >= 11 is 0. The number of aryl methyl sites for hydroxylation is 1. The molecule has 2 aromatic rings. The summed E-state index contributed by atoms with van der Waals surface area (Å²) in [6, 6.07) is 9.55. The van der Waals surface area contributed by atoms with Gasteiger partial charge in [0.2, 0.25) is 0 Å². The van der Waals surface area contributed by atoms with Crippen LogP contribution in [0.15, 0.2) is 48.8 Å². The molecule has 0 radical (unpaired) electrons. The molecule has 23 heavy (non-hydrogen) atoms. The molecule has 0 saturated heterocycles. The van der Waals surface area contributed by atoms with Crippen molar-refractivity contribution in [1.82, 2.24) is 0 Å². The van der Waals surface area contributed by atoms with Crippen molar-refractivity contribution in [3.05, 3.63) is 70.0 Å². The number of rotatable bonds is 7. The third-order valence-electron chi connectivity index (χ3n) is 3.78. The van der Waals surface area contributed by atoms with E-state index in [-0.39, 0.29) is 11.6 Å². The van der Waals surface area contributed by atoms with Crippen LogP contribution in [0.5, 0.6) is 0 Å². The second-order valence-corrected chi connectivity index (χ2v) is 5.53. The molecule has 0 aliphatic carbocycles. The van der Waals surface area contributed by atoms with Gasteiger partial charge in [0.15, 0.2) is 12.4 Å². The molecule has 2 rings (SSSR count). The smallest absolute Gasteiger partial charge is 0.258 e. The first kappa shape index (κ1) is 16.8. The van der Waals surface area contributed by atoms with Gasteiger partial charge in [-0.2, -0.15) is 0 Å². The highest BCUT2D eigenvalue weighted by Crippen LogP contribution is 2.12. The molecule has 1 aromatic heterocycles. The van der Waals surface area contributed by atoms with Gasteiger partial charge >= 0.3 is 5.91 Å². The molecular weight excluding hydrogens is 292 g/mol. The lowest BCUT2D eigenvalue weighted by Crippen LogP contribution is -2.42. The molecule has 0 fully saturated rings. The van der Waals surface area contributed by atoms with Crippen molar-refractivity contribution in [2.45, 2.75) is 39.0 Å². The Morgan fingerprint density at radius 2 is 1.70 bits per heavy atom. The number of benzene rings is 1. The molecule has 0 aliphatic rings. The average molecular weight is 313 g/mol. The van der Waals surface area contributed by atoms with Crippen molar-refractivity contribution in [3.8, 4) is 0 Å². The number of carbonyl (C=O) groups is 1. The van der Waals surface area contributed by atoms with Gasteiger partial charge in [-0.05, 0) is 30.5 Å². The standard InChI is InChI=1S/C18H21N2O3/c1-2-3-4-5-6-15-11-13-19(14-12-15)18(21)16-7-9-17(10-8-16)20(22)23/h7-14H,2-6H2,1H3/q+1. The van der Waals surface area contributed by atoms with Gasteiger partial charge in [0.25, 0.3) is 5.69 Å². The topological polar surface area (TPSA) is 64.1 Å². The van der Waals surface area contributed by atoms with Gasteiger partial charge in [0.05, 0.1) is 10.5 Å². The Balaban J connectivity index is 2.00. The van der Waals surface area contributed by atoms with Gasteiger partial charge in [0, 0.05) is 24.3 Å². The number of non-ortho nitro benzene ring substituents is 1. The SMILES string of the molecule is CCCCCCc1cc[n+](C(=O)c2ccc([N+](=O)[O-])cc2)cc1. The van der Waals surface area contributed by atoms with Gasteiger partial charge in [-0.1, -0.05) is 26.2 Å². The maximum atomic E-state index is 12.3. The molecule has 0 spiro atoms. The summed E-state index contributed by atoms with van der Waals surface area (Å²) in [5.74, 6) is -0.197. The average Bonchev–Trinajstić information content (AvgIpc) is 2.59. The summed E-state index contributed by atoms with van der Waals surface area (Å²) in [6.07, 6.45) is 9.38. The Bertz CT molecular complexity index is 664. The van der Waals surface area contributed by atoms with E-state index in [0.29, 0.717) is 5.56 Å². The van der Waals surface area contributed by atoms with Crippen LogP contribution in [0, 0.1) is 10.1 Å². The molecule has 0 atom stereocenters. The number of pyridine rings is 1. The van der Waals surface area contributed by atoms with E-state index in [0.717, 1.165) is 12.8 Å². The molecule has 0 bridgehead atoms. The second-order valence-electron chi connectivity index (χ2n) is 5.53. The lowest BCUT2D eigenvalue weighted by atomic mass is 10.1. The number of unbranched alkanes of at least 4 members (excludes halogenated alkanes) is 3. The van der Waals surface area contributed by atoms with Crippen LogP contribution < -0.4 is 4.57 Å². The van der Waals surface area contributed by atoms with Crippen molar-refractivity contribution in [1.29, 1.82) is 0 Å². The Hall–Kier alpha value is -2.56. The molecule has 0 N–H and O–H groups in total. The van der Waals surface area contributed by atoms with Gasteiger partial charge in [-0.3, -0.25) is 10.1 Å². The summed E-state index contributed by atoms with van der Waals surface area (Å²) in [7, 11) is 0. The largest absolute Gasteiger partial charge is 0.424 e. The first-order valence-electron chi connectivity index (χ1n) is 7.91. The molecule has 5 nitrogen and oxygen atoms in total. The highest BCUT2D eigenvalue weighted by molar-refractivity contribution is 5.87. The van der Waals surface area contributed by atoms with Gasteiger partial charge in [0.1, 0.15) is 0 Å². The number of hydrogen-bond donors (Lipinski definition) is 0. The minimum atomic E-state index is -0.477. The first-order chi connectivity index (χ1) is 11.1. The van der Waals surface area contributed by atoms with E-state index in [1.165, 1.54) is 53.7 Å². The van der Waals surface area contributed by atoms with Crippen LogP contribution in [-0.2, 0) is 6.42 Å². The predicted molar refractivity (Wildman–Crippen MR) is 87.3 cm³/mol. The number of nitro groups is 1. The summed E-state index contributed by atoms with van der Waals surface area (Å²) in [6.45, 7) is 2.19. The van der Waals surface area contributed by atoms with Gasteiger partial charge < -0.3 is 0 Å². The molecule has 0 amide bonds. The third-order valence-corrected chi connectivity index (χ3v) is 3.78. The van der Waals surface area contributed by atoms with Crippen LogP contribution in [0.4, 0.5) is 5.69 Å². The zero-order valence-electron chi connectivity index (χ0n) is 13.3. The van der Waals surface area contributed by atoms with Crippen molar-refractivity contribution < 1.29 is 14.3 Å². The van der Waals surface area contributed by atoms with Crippen LogP contribution in [-0.4, -0.2) is 10.8 Å². The Labute approximate surface area is 135 Å². The monoisotopic (exact) mass is 313 g/mol. The van der Waals surface area contributed by atoms with E-state index < -0.39 is 4.92 Å². The quantitative estimate of drug-likeness (QED) is 0.339. The maximum absolute atomic E-state index is 12.3. The van der Waals surface area contributed by atoms with E-state index in [4.69, 9.17) is 0 Å². The third kappa shape index (κ3) is 4.71. The lowest BCUT2D eigenvalue weighted by molar-refractivity contribution is -0.570. The molecule has 1 heterocycles. The zero-order valence-corrected chi connectivity index (χ0v) is 13.3. The number of nitrogens with zero attached hydrogens (tertiary/aromatic N) is 2. The van der Waals surface area contributed by atoms with Crippen LogP contribution >= 0.6 is 0 Å². The zero-order chi connectivity index (χ0) is 16.7. The molecule has 5 heteroatoms. The second kappa shape index (κ2) is 8.17. The molecule has 0 unspecified atom stereocenters. The van der Waals surface area contributed by atoms with Crippen LogP contribution in [0.3, 0.4) is 0 Å². The van der Waals surface area contributed by atoms with Crippen LogP contribution in [0.25, 0.3) is 0 Å². The fourth-order valence-electron chi connectivity index (χ4n) is 2.39. The Morgan fingerprint density at radius 3 is 2.26 bits per heavy atom. The molecule has 1 aromatic carbocycles. The van der Waals surface area contributed by atoms with E-state index in [1.54, 1.807) is 12.4 Å². The summed E-state index contributed by atoms with van der Waals surface area (Å²) in [5.41, 5.74) is 1.62. The Morgan fingerprint density at radius 1 is 1.04 bits per heavy atom. The number of nitro benzene ring substituents is 1. The lowest BCUT2D eigenvalue weighted by Gasteiger charge is -2.00. The Kier molecular flexibility index (Phi) is 5.97. The van der Waals surface area contributed by atoms with Gasteiger partial charge in [-0.15, -0.1) is 4.57 Å². The van der Waals surface area contributed by atoms with E-state index in [2.05, 4.69) is 6.92 Å². The normalized spacial score (nSPS) is 10.5. The minimum absolute atomic E-state index is 0.0195. The molecule has 0 aliphatic heterocycles. The molecule has 120 valence electrons. The van der Waals surface area contributed by atoms with Crippen LogP contribution in [0.2, 0.25) is 0 Å².